The molecule has 0 radical (unpaired) electrons. The summed E-state index contributed by atoms with van der Waals surface area (Å²) in [5.41, 5.74) is 4.96. The van der Waals surface area contributed by atoms with Gasteiger partial charge in [0.25, 0.3) is 0 Å². The van der Waals surface area contributed by atoms with Crippen LogP contribution in [0.15, 0.2) is 12.3 Å². The molecule has 6 heteroatoms. The number of nitrogens with one attached hydrogen (secondary N) is 1. The van der Waals surface area contributed by atoms with Crippen molar-refractivity contribution in [3.8, 4) is 0 Å². The Balaban J connectivity index is 4.02. The zero-order valence-corrected chi connectivity index (χ0v) is 8.39. The highest BCUT2D eigenvalue weighted by atomic mass is 32.2. The molecule has 0 aliphatic heterocycles. The largest absolute Gasteiger partial charge is 0.414 e. The van der Waals surface area contributed by atoms with Gasteiger partial charge in [-0.15, -0.1) is 0 Å². The molecule has 0 rings (SSSR count). The van der Waals surface area contributed by atoms with Gasteiger partial charge in [-0.3, -0.25) is 0 Å². The molecular formula is C7H15N3O2S. The van der Waals surface area contributed by atoms with Gasteiger partial charge in [-0.1, -0.05) is 6.58 Å². The lowest BCUT2D eigenvalue weighted by atomic mass is 10.2. The van der Waals surface area contributed by atoms with Crippen LogP contribution >= 0.6 is 11.8 Å². The molecule has 0 aliphatic carbocycles. The molecule has 0 saturated heterocycles. The van der Waals surface area contributed by atoms with Crippen LogP contribution < -0.4 is 16.9 Å². The number of urea groups is 1. The van der Waals surface area contributed by atoms with Gasteiger partial charge in [0.15, 0.2) is 0 Å². The van der Waals surface area contributed by atoms with E-state index in [4.69, 9.17) is 11.6 Å². The molecular weight excluding hydrogens is 190 g/mol. The molecule has 76 valence electrons. The second-order valence-electron chi connectivity index (χ2n) is 2.43. The molecule has 2 amide bonds. The summed E-state index contributed by atoms with van der Waals surface area (Å²) in [5, 5.41) is 2.49. The molecule has 1 atom stereocenters. The van der Waals surface area contributed by atoms with Crippen molar-refractivity contribution in [3.63, 3.8) is 0 Å². The topological polar surface area (TPSA) is 90.4 Å². The van der Waals surface area contributed by atoms with E-state index in [2.05, 4.69) is 16.7 Å². The highest BCUT2D eigenvalue weighted by Crippen LogP contribution is 2.07. The van der Waals surface area contributed by atoms with Gasteiger partial charge in [-0.25, -0.2) is 4.79 Å². The van der Waals surface area contributed by atoms with Gasteiger partial charge >= 0.3 is 6.03 Å². The van der Waals surface area contributed by atoms with E-state index in [0.29, 0.717) is 12.2 Å². The highest BCUT2D eigenvalue weighted by molar-refractivity contribution is 7.98. The lowest BCUT2D eigenvalue weighted by molar-refractivity contribution is 0.189. The van der Waals surface area contributed by atoms with Gasteiger partial charge in [-0.2, -0.15) is 17.7 Å². The lowest BCUT2D eigenvalue weighted by Gasteiger charge is -2.17. The zero-order valence-electron chi connectivity index (χ0n) is 7.58. The predicted molar refractivity (Wildman–Crippen MR) is 53.9 cm³/mol. The normalized spacial score (nSPS) is 11.8. The molecule has 0 bridgehead atoms. The fourth-order valence-electron chi connectivity index (χ4n) is 0.803. The van der Waals surface area contributed by atoms with E-state index in [1.165, 1.54) is 0 Å². The molecule has 0 saturated carbocycles. The van der Waals surface area contributed by atoms with Crippen LogP contribution in [0.3, 0.4) is 0 Å². The first-order valence-electron chi connectivity index (χ1n) is 3.72. The summed E-state index contributed by atoms with van der Waals surface area (Å²) < 4.78 is 0. The third-order valence-electron chi connectivity index (χ3n) is 1.47. The summed E-state index contributed by atoms with van der Waals surface area (Å²) >= 11 is 1.66. The molecule has 0 aromatic carbocycles. The van der Waals surface area contributed by atoms with Crippen LogP contribution in [0.25, 0.3) is 0 Å². The Hall–Kier alpha value is -0.880. The number of hydrogen-bond acceptors (Lipinski definition) is 4. The SMILES string of the molecule is C=C(ON)C(CCSC)NC(N)=O. The van der Waals surface area contributed by atoms with Crippen molar-refractivity contribution in [2.24, 2.45) is 11.6 Å². The predicted octanol–water partition coefficient (Wildman–Crippen LogP) is 0.180. The van der Waals surface area contributed by atoms with Crippen LogP contribution in [0.5, 0.6) is 0 Å². The van der Waals surface area contributed by atoms with Crippen LogP contribution in [0.4, 0.5) is 4.79 Å². The number of rotatable bonds is 6. The number of thioether (sulfide) groups is 1. The second-order valence-corrected chi connectivity index (χ2v) is 3.41. The fraction of sp³-hybridized carbons (Fsp3) is 0.571. The Labute approximate surface area is 81.8 Å². The summed E-state index contributed by atoms with van der Waals surface area (Å²) in [4.78, 5) is 15.0. The monoisotopic (exact) mass is 205 g/mol. The number of carbonyl (C=O) groups is 1. The van der Waals surface area contributed by atoms with Crippen molar-refractivity contribution < 1.29 is 9.63 Å². The molecule has 5 nitrogen and oxygen atoms in total. The average Bonchev–Trinajstić information content (AvgIpc) is 2.10. The number of carbonyl (C=O) groups excluding carboxylic acids is 1. The number of hydrogen-bond donors (Lipinski definition) is 3. The minimum absolute atomic E-state index is 0.310. The molecule has 13 heavy (non-hydrogen) atoms. The van der Waals surface area contributed by atoms with Gasteiger partial charge < -0.3 is 15.9 Å². The summed E-state index contributed by atoms with van der Waals surface area (Å²) in [5.74, 6) is 6.10. The maximum atomic E-state index is 10.6. The van der Waals surface area contributed by atoms with Gasteiger partial charge in [0.2, 0.25) is 0 Å². The standard InChI is InChI=1S/C7H15N3O2S/c1-5(12-9)6(3-4-13-2)10-7(8)11/h6H,1,3-4,9H2,2H3,(H3,8,10,11). The molecule has 0 spiro atoms. The molecule has 1 unspecified atom stereocenters. The number of primary amides is 1. The molecule has 0 fully saturated rings. The van der Waals surface area contributed by atoms with E-state index in [9.17, 15) is 4.79 Å². The minimum atomic E-state index is -0.607. The van der Waals surface area contributed by atoms with E-state index in [1.807, 2.05) is 6.26 Å². The summed E-state index contributed by atoms with van der Waals surface area (Å²) in [6.07, 6.45) is 2.66. The first-order chi connectivity index (χ1) is 6.11. The molecule has 5 N–H and O–H groups in total. The summed E-state index contributed by atoms with van der Waals surface area (Å²) in [7, 11) is 0. The average molecular weight is 205 g/mol. The van der Waals surface area contributed by atoms with Crippen molar-refractivity contribution in [1.82, 2.24) is 5.32 Å². The number of amides is 2. The minimum Gasteiger partial charge on any atom is -0.414 e. The first kappa shape index (κ1) is 12.1. The Morgan fingerprint density at radius 1 is 1.77 bits per heavy atom. The van der Waals surface area contributed by atoms with Crippen molar-refractivity contribution >= 4 is 17.8 Å². The van der Waals surface area contributed by atoms with Crippen molar-refractivity contribution in [2.75, 3.05) is 12.0 Å². The molecule has 0 aromatic rings. The van der Waals surface area contributed by atoms with Crippen LogP contribution in [0, 0.1) is 0 Å². The summed E-state index contributed by atoms with van der Waals surface area (Å²) in [6, 6.07) is -0.917. The smallest absolute Gasteiger partial charge is 0.312 e. The third-order valence-corrected chi connectivity index (χ3v) is 2.11. The number of nitrogens with two attached hydrogens (primary N) is 2. The van der Waals surface area contributed by atoms with E-state index >= 15 is 0 Å². The lowest BCUT2D eigenvalue weighted by Crippen LogP contribution is -2.40. The first-order valence-corrected chi connectivity index (χ1v) is 5.11. The Kier molecular flexibility index (Phi) is 6.17. The van der Waals surface area contributed by atoms with Crippen molar-refractivity contribution in [1.29, 1.82) is 0 Å². The summed E-state index contributed by atoms with van der Waals surface area (Å²) in [6.45, 7) is 3.55. The zero-order chi connectivity index (χ0) is 10.3. The Morgan fingerprint density at radius 2 is 2.38 bits per heavy atom. The van der Waals surface area contributed by atoms with Gasteiger partial charge in [0.1, 0.15) is 5.76 Å². The quantitative estimate of drug-likeness (QED) is 0.426. The van der Waals surface area contributed by atoms with Gasteiger partial charge in [-0.05, 0) is 18.4 Å². The van der Waals surface area contributed by atoms with E-state index in [1.54, 1.807) is 11.8 Å². The fourth-order valence-corrected chi connectivity index (χ4v) is 1.27. The molecule has 0 aliphatic rings. The second kappa shape index (κ2) is 6.62. The Morgan fingerprint density at radius 3 is 2.77 bits per heavy atom. The van der Waals surface area contributed by atoms with Crippen LogP contribution in [-0.2, 0) is 4.84 Å². The van der Waals surface area contributed by atoms with Crippen LogP contribution in [-0.4, -0.2) is 24.1 Å². The van der Waals surface area contributed by atoms with Crippen LogP contribution in [0.2, 0.25) is 0 Å². The third kappa shape index (κ3) is 5.37. The molecule has 0 heterocycles. The van der Waals surface area contributed by atoms with Gasteiger partial charge in [0.05, 0.1) is 6.04 Å². The maximum absolute atomic E-state index is 10.6. The van der Waals surface area contributed by atoms with E-state index in [0.717, 1.165) is 5.75 Å². The van der Waals surface area contributed by atoms with Crippen LogP contribution in [0.1, 0.15) is 6.42 Å². The molecule has 0 aromatic heterocycles. The maximum Gasteiger partial charge on any atom is 0.312 e. The van der Waals surface area contributed by atoms with E-state index < -0.39 is 6.03 Å². The van der Waals surface area contributed by atoms with Gasteiger partial charge in [0, 0.05) is 0 Å². The van der Waals surface area contributed by atoms with Crippen molar-refractivity contribution in [2.45, 2.75) is 12.5 Å². The highest BCUT2D eigenvalue weighted by Gasteiger charge is 2.14. The van der Waals surface area contributed by atoms with E-state index in [-0.39, 0.29) is 6.04 Å². The Bertz CT molecular complexity index is 187. The van der Waals surface area contributed by atoms with Crippen molar-refractivity contribution in [3.05, 3.63) is 12.3 Å².